The fourth-order valence-electron chi connectivity index (χ4n) is 2.17. The normalized spacial score (nSPS) is 16.1. The molecule has 0 aliphatic carbocycles. The Balaban J connectivity index is 1.78. The summed E-state index contributed by atoms with van der Waals surface area (Å²) in [7, 11) is 0. The molecular formula is C14H17ClF2N2O2. The Kier molecular flexibility index (Phi) is 5.61. The third-order valence-corrected chi connectivity index (χ3v) is 3.58. The summed E-state index contributed by atoms with van der Waals surface area (Å²) in [5.41, 5.74) is 0. The largest absolute Gasteiger partial charge is 0.489 e. The quantitative estimate of drug-likeness (QED) is 0.926. The van der Waals surface area contributed by atoms with Crippen LogP contribution < -0.4 is 10.1 Å². The fraction of sp³-hybridized carbons (Fsp3) is 0.500. The third-order valence-electron chi connectivity index (χ3n) is 3.27. The van der Waals surface area contributed by atoms with Crippen molar-refractivity contribution in [2.75, 3.05) is 19.6 Å². The van der Waals surface area contributed by atoms with Crippen LogP contribution in [0.5, 0.6) is 5.75 Å². The second-order valence-electron chi connectivity index (χ2n) is 4.81. The molecule has 21 heavy (non-hydrogen) atoms. The predicted octanol–water partition coefficient (Wildman–Crippen LogP) is 3.16. The summed E-state index contributed by atoms with van der Waals surface area (Å²) in [6, 6.07) is 6.76. The molecule has 1 N–H and O–H groups in total. The van der Waals surface area contributed by atoms with Gasteiger partial charge in [-0.2, -0.15) is 0 Å². The van der Waals surface area contributed by atoms with Gasteiger partial charge in [0, 0.05) is 25.9 Å². The summed E-state index contributed by atoms with van der Waals surface area (Å²) in [5, 5.41) is 2.75. The van der Waals surface area contributed by atoms with E-state index in [2.05, 4.69) is 5.32 Å². The molecule has 0 atom stereocenters. The number of halogens is 3. The molecule has 0 bridgehead atoms. The van der Waals surface area contributed by atoms with Crippen LogP contribution in [-0.4, -0.2) is 43.1 Å². The molecule has 1 heterocycles. The van der Waals surface area contributed by atoms with E-state index in [1.165, 1.54) is 4.90 Å². The van der Waals surface area contributed by atoms with Gasteiger partial charge in [0.2, 0.25) is 0 Å². The number of hydrogen-bond donors (Lipinski definition) is 1. The van der Waals surface area contributed by atoms with Gasteiger partial charge in [0.1, 0.15) is 11.9 Å². The monoisotopic (exact) mass is 318 g/mol. The molecule has 0 unspecified atom stereocenters. The zero-order chi connectivity index (χ0) is 15.2. The molecule has 116 valence electrons. The van der Waals surface area contributed by atoms with Crippen LogP contribution in [0.15, 0.2) is 24.3 Å². The van der Waals surface area contributed by atoms with Crippen molar-refractivity contribution in [3.05, 3.63) is 29.3 Å². The number of amides is 2. The minimum Gasteiger partial charge on any atom is -0.489 e. The summed E-state index contributed by atoms with van der Waals surface area (Å²) in [6.45, 7) is 0.337. The van der Waals surface area contributed by atoms with E-state index in [1.807, 2.05) is 12.1 Å². The highest BCUT2D eigenvalue weighted by atomic mass is 35.5. The van der Waals surface area contributed by atoms with E-state index in [1.54, 1.807) is 12.1 Å². The number of carbonyl (C=O) groups is 1. The van der Waals surface area contributed by atoms with Gasteiger partial charge in [-0.25, -0.2) is 13.6 Å². The van der Waals surface area contributed by atoms with E-state index < -0.39 is 19.0 Å². The van der Waals surface area contributed by atoms with E-state index in [0.29, 0.717) is 36.7 Å². The van der Waals surface area contributed by atoms with Crippen molar-refractivity contribution in [3.8, 4) is 5.75 Å². The van der Waals surface area contributed by atoms with Crippen LogP contribution in [0, 0.1) is 0 Å². The van der Waals surface area contributed by atoms with Gasteiger partial charge in [0.25, 0.3) is 6.43 Å². The first-order valence-corrected chi connectivity index (χ1v) is 7.16. The lowest BCUT2D eigenvalue weighted by molar-refractivity contribution is 0.105. The van der Waals surface area contributed by atoms with Crippen molar-refractivity contribution in [1.82, 2.24) is 10.2 Å². The van der Waals surface area contributed by atoms with Gasteiger partial charge in [-0.05, 0) is 12.1 Å². The number of urea groups is 1. The van der Waals surface area contributed by atoms with Crippen LogP contribution >= 0.6 is 11.6 Å². The van der Waals surface area contributed by atoms with Crippen molar-refractivity contribution in [1.29, 1.82) is 0 Å². The second kappa shape index (κ2) is 7.45. The summed E-state index contributed by atoms with van der Waals surface area (Å²) < 4.78 is 29.9. The Morgan fingerprint density at radius 2 is 2.05 bits per heavy atom. The SMILES string of the molecule is O=C(NCC(F)F)N1CCC(Oc2ccccc2Cl)CC1. The van der Waals surface area contributed by atoms with E-state index in [0.717, 1.165) is 0 Å². The Morgan fingerprint density at radius 1 is 1.38 bits per heavy atom. The number of piperidine rings is 1. The number of nitrogens with zero attached hydrogens (tertiary/aromatic N) is 1. The molecule has 1 aromatic carbocycles. The number of nitrogens with one attached hydrogen (secondary N) is 1. The first kappa shape index (κ1) is 15.8. The Hall–Kier alpha value is -1.56. The Bertz CT molecular complexity index is 480. The molecule has 1 saturated heterocycles. The summed E-state index contributed by atoms with van der Waals surface area (Å²) in [4.78, 5) is 13.2. The maximum absolute atomic E-state index is 12.0. The van der Waals surface area contributed by atoms with Crippen LogP contribution in [0.2, 0.25) is 5.02 Å². The molecule has 2 amide bonds. The van der Waals surface area contributed by atoms with Crippen LogP contribution in [0.4, 0.5) is 13.6 Å². The summed E-state index contributed by atoms with van der Waals surface area (Å²) in [6.07, 6.45) is -1.26. The molecule has 2 rings (SSSR count). The number of alkyl halides is 2. The van der Waals surface area contributed by atoms with Crippen molar-refractivity contribution in [2.24, 2.45) is 0 Å². The third kappa shape index (κ3) is 4.74. The highest BCUT2D eigenvalue weighted by Gasteiger charge is 2.24. The highest BCUT2D eigenvalue weighted by molar-refractivity contribution is 6.32. The van der Waals surface area contributed by atoms with Crippen LogP contribution in [0.3, 0.4) is 0 Å². The molecule has 0 radical (unpaired) electrons. The number of benzene rings is 1. The standard InChI is InChI=1S/C14H17ClF2N2O2/c15-11-3-1-2-4-12(11)21-10-5-7-19(8-6-10)14(20)18-9-13(16)17/h1-4,10,13H,5-9H2,(H,18,20). The van der Waals surface area contributed by atoms with Gasteiger partial charge in [-0.15, -0.1) is 0 Å². The maximum atomic E-state index is 12.0. The zero-order valence-electron chi connectivity index (χ0n) is 11.4. The molecule has 0 saturated carbocycles. The Labute approximate surface area is 127 Å². The van der Waals surface area contributed by atoms with Crippen LogP contribution in [0.25, 0.3) is 0 Å². The van der Waals surface area contributed by atoms with Crippen molar-refractivity contribution < 1.29 is 18.3 Å². The molecule has 1 aliphatic heterocycles. The number of likely N-dealkylation sites (tertiary alicyclic amines) is 1. The smallest absolute Gasteiger partial charge is 0.317 e. The lowest BCUT2D eigenvalue weighted by atomic mass is 10.1. The topological polar surface area (TPSA) is 41.6 Å². The lowest BCUT2D eigenvalue weighted by Gasteiger charge is -2.32. The average molecular weight is 319 g/mol. The Morgan fingerprint density at radius 3 is 2.67 bits per heavy atom. The van der Waals surface area contributed by atoms with Gasteiger partial charge in [-0.3, -0.25) is 0 Å². The van der Waals surface area contributed by atoms with Crippen LogP contribution in [0.1, 0.15) is 12.8 Å². The highest BCUT2D eigenvalue weighted by Crippen LogP contribution is 2.26. The minimum absolute atomic E-state index is 0.0240. The molecule has 0 aromatic heterocycles. The predicted molar refractivity (Wildman–Crippen MR) is 76.1 cm³/mol. The number of para-hydroxylation sites is 1. The van der Waals surface area contributed by atoms with Crippen molar-refractivity contribution in [3.63, 3.8) is 0 Å². The molecule has 1 aromatic rings. The van der Waals surface area contributed by atoms with Crippen molar-refractivity contribution >= 4 is 17.6 Å². The lowest BCUT2D eigenvalue weighted by Crippen LogP contribution is -2.47. The number of rotatable bonds is 4. The summed E-state index contributed by atoms with van der Waals surface area (Å²) >= 11 is 6.02. The average Bonchev–Trinajstić information content (AvgIpc) is 2.48. The molecular weight excluding hydrogens is 302 g/mol. The van der Waals surface area contributed by atoms with Gasteiger partial charge >= 0.3 is 6.03 Å². The number of ether oxygens (including phenoxy) is 1. The zero-order valence-corrected chi connectivity index (χ0v) is 12.2. The molecule has 1 aliphatic rings. The van der Waals surface area contributed by atoms with Gasteiger partial charge in [0.15, 0.2) is 0 Å². The second-order valence-corrected chi connectivity index (χ2v) is 5.22. The fourth-order valence-corrected chi connectivity index (χ4v) is 2.35. The summed E-state index contributed by atoms with van der Waals surface area (Å²) in [5.74, 6) is 0.625. The first-order chi connectivity index (χ1) is 10.1. The van der Waals surface area contributed by atoms with E-state index >= 15 is 0 Å². The molecule has 0 spiro atoms. The minimum atomic E-state index is -2.53. The number of hydrogen-bond acceptors (Lipinski definition) is 2. The van der Waals surface area contributed by atoms with Gasteiger partial charge in [-0.1, -0.05) is 23.7 Å². The molecule has 4 nitrogen and oxygen atoms in total. The first-order valence-electron chi connectivity index (χ1n) is 6.78. The number of carbonyl (C=O) groups excluding carboxylic acids is 1. The van der Waals surface area contributed by atoms with E-state index in [4.69, 9.17) is 16.3 Å². The van der Waals surface area contributed by atoms with Gasteiger partial charge < -0.3 is 15.0 Å². The van der Waals surface area contributed by atoms with Gasteiger partial charge in [0.05, 0.1) is 11.6 Å². The van der Waals surface area contributed by atoms with E-state index in [9.17, 15) is 13.6 Å². The molecule has 7 heteroatoms. The molecule has 1 fully saturated rings. The van der Waals surface area contributed by atoms with Crippen LogP contribution in [-0.2, 0) is 0 Å². The maximum Gasteiger partial charge on any atom is 0.317 e. The van der Waals surface area contributed by atoms with E-state index in [-0.39, 0.29) is 6.10 Å². The van der Waals surface area contributed by atoms with Crippen molar-refractivity contribution in [2.45, 2.75) is 25.4 Å².